The number of halogens is 2. The largest absolute Gasteiger partial charge is 0.337 e. The molecule has 0 aliphatic heterocycles. The summed E-state index contributed by atoms with van der Waals surface area (Å²) in [5.41, 5.74) is 5.69. The lowest BCUT2D eigenvalue weighted by atomic mass is 10.2. The molecule has 0 saturated carbocycles. The predicted molar refractivity (Wildman–Crippen MR) is 90.2 cm³/mol. The van der Waals surface area contributed by atoms with Crippen LogP contribution in [-0.2, 0) is 0 Å². The smallest absolute Gasteiger partial charge is 0.307 e. The van der Waals surface area contributed by atoms with Gasteiger partial charge in [0.15, 0.2) is 0 Å². The van der Waals surface area contributed by atoms with Crippen LogP contribution in [0.1, 0.15) is 10.4 Å². The van der Waals surface area contributed by atoms with Crippen LogP contribution in [0.5, 0.6) is 0 Å². The Morgan fingerprint density at radius 1 is 0.952 bits per heavy atom. The highest BCUT2D eigenvalue weighted by molar-refractivity contribution is 14.1. The SMILES string of the molecule is O=C(NNC(=O)c1ccccc1I)Nc1ccc(Cl)cc1. The summed E-state index contributed by atoms with van der Waals surface area (Å²) in [6.45, 7) is 0. The van der Waals surface area contributed by atoms with Crippen LogP contribution in [0.2, 0.25) is 5.02 Å². The van der Waals surface area contributed by atoms with E-state index in [0.29, 0.717) is 16.3 Å². The van der Waals surface area contributed by atoms with Crippen LogP contribution in [0, 0.1) is 3.57 Å². The Balaban J connectivity index is 1.88. The van der Waals surface area contributed by atoms with E-state index in [2.05, 4.69) is 38.8 Å². The molecule has 3 amide bonds. The van der Waals surface area contributed by atoms with Crippen molar-refractivity contribution in [1.82, 2.24) is 10.9 Å². The second kappa shape index (κ2) is 7.28. The van der Waals surface area contributed by atoms with Crippen LogP contribution >= 0.6 is 34.2 Å². The minimum absolute atomic E-state index is 0.383. The van der Waals surface area contributed by atoms with E-state index in [1.165, 1.54) is 0 Å². The first-order valence-corrected chi connectivity index (χ1v) is 7.39. The molecule has 2 rings (SSSR count). The fourth-order valence-electron chi connectivity index (χ4n) is 1.52. The van der Waals surface area contributed by atoms with Gasteiger partial charge < -0.3 is 5.32 Å². The van der Waals surface area contributed by atoms with E-state index in [1.54, 1.807) is 36.4 Å². The van der Waals surface area contributed by atoms with Gasteiger partial charge in [0.05, 0.1) is 5.56 Å². The van der Waals surface area contributed by atoms with Crippen molar-refractivity contribution >= 4 is 51.8 Å². The first-order chi connectivity index (χ1) is 10.1. The molecule has 5 nitrogen and oxygen atoms in total. The maximum Gasteiger partial charge on any atom is 0.337 e. The Bertz CT molecular complexity index is 662. The van der Waals surface area contributed by atoms with Gasteiger partial charge in [-0.1, -0.05) is 23.7 Å². The molecule has 21 heavy (non-hydrogen) atoms. The Morgan fingerprint density at radius 2 is 1.62 bits per heavy atom. The summed E-state index contributed by atoms with van der Waals surface area (Å²) in [4.78, 5) is 23.5. The van der Waals surface area contributed by atoms with Crippen molar-refractivity contribution in [1.29, 1.82) is 0 Å². The Labute approximate surface area is 140 Å². The standard InChI is InChI=1S/C14H11ClIN3O2/c15-9-5-7-10(8-6-9)17-14(21)19-18-13(20)11-3-1-2-4-12(11)16/h1-8H,(H,18,20)(H2,17,19,21). The van der Waals surface area contributed by atoms with Gasteiger partial charge in [-0.3, -0.25) is 10.2 Å². The molecule has 0 bridgehead atoms. The summed E-state index contributed by atoms with van der Waals surface area (Å²) in [5, 5.41) is 3.14. The van der Waals surface area contributed by atoms with Gasteiger partial charge in [-0.05, 0) is 59.0 Å². The minimum Gasteiger partial charge on any atom is -0.307 e. The Kier molecular flexibility index (Phi) is 5.40. The van der Waals surface area contributed by atoms with Gasteiger partial charge in [0.25, 0.3) is 5.91 Å². The highest BCUT2D eigenvalue weighted by atomic mass is 127. The van der Waals surface area contributed by atoms with Crippen LogP contribution < -0.4 is 16.2 Å². The third kappa shape index (κ3) is 4.61. The van der Waals surface area contributed by atoms with Crippen molar-refractivity contribution in [3.05, 3.63) is 62.7 Å². The number of carbonyl (C=O) groups is 2. The molecule has 0 aliphatic carbocycles. The number of hydrogen-bond donors (Lipinski definition) is 3. The average molecular weight is 416 g/mol. The van der Waals surface area contributed by atoms with Crippen molar-refractivity contribution in [3.63, 3.8) is 0 Å². The Morgan fingerprint density at radius 3 is 2.29 bits per heavy atom. The normalized spacial score (nSPS) is 9.81. The lowest BCUT2D eigenvalue weighted by Gasteiger charge is -2.09. The summed E-state index contributed by atoms with van der Waals surface area (Å²) in [7, 11) is 0. The number of benzene rings is 2. The molecule has 7 heteroatoms. The third-order valence-corrected chi connectivity index (χ3v) is 3.70. The molecule has 0 heterocycles. The molecule has 0 aromatic heterocycles. The van der Waals surface area contributed by atoms with Crippen molar-refractivity contribution in [3.8, 4) is 0 Å². The maximum absolute atomic E-state index is 11.9. The molecule has 3 N–H and O–H groups in total. The van der Waals surface area contributed by atoms with Crippen LogP contribution in [-0.4, -0.2) is 11.9 Å². The summed E-state index contributed by atoms with van der Waals surface area (Å²) >= 11 is 7.80. The Hall–Kier alpha value is -1.80. The lowest BCUT2D eigenvalue weighted by Crippen LogP contribution is -2.44. The molecule has 0 fully saturated rings. The van der Waals surface area contributed by atoms with Gasteiger partial charge in [-0.25, -0.2) is 10.2 Å². The summed E-state index contributed by atoms with van der Waals surface area (Å²) < 4.78 is 0.799. The van der Waals surface area contributed by atoms with E-state index in [9.17, 15) is 9.59 Å². The number of urea groups is 1. The van der Waals surface area contributed by atoms with Crippen molar-refractivity contribution in [2.45, 2.75) is 0 Å². The number of rotatable bonds is 2. The van der Waals surface area contributed by atoms with E-state index in [4.69, 9.17) is 11.6 Å². The summed E-state index contributed by atoms with van der Waals surface area (Å²) in [5.74, 6) is -0.383. The quantitative estimate of drug-likeness (QED) is 0.520. The van der Waals surface area contributed by atoms with E-state index >= 15 is 0 Å². The topological polar surface area (TPSA) is 70.2 Å². The lowest BCUT2D eigenvalue weighted by molar-refractivity contribution is 0.0937. The fourth-order valence-corrected chi connectivity index (χ4v) is 2.28. The second-order valence-corrected chi connectivity index (χ2v) is 5.62. The van der Waals surface area contributed by atoms with Gasteiger partial charge in [0.1, 0.15) is 0 Å². The van der Waals surface area contributed by atoms with E-state index < -0.39 is 6.03 Å². The molecular formula is C14H11ClIN3O2. The molecule has 0 radical (unpaired) electrons. The zero-order chi connectivity index (χ0) is 15.2. The van der Waals surface area contributed by atoms with Gasteiger partial charge in [-0.15, -0.1) is 0 Å². The van der Waals surface area contributed by atoms with Gasteiger partial charge in [-0.2, -0.15) is 0 Å². The van der Waals surface area contributed by atoms with Crippen molar-refractivity contribution in [2.24, 2.45) is 0 Å². The summed E-state index contributed by atoms with van der Waals surface area (Å²) in [6.07, 6.45) is 0. The minimum atomic E-state index is -0.545. The van der Waals surface area contributed by atoms with E-state index in [0.717, 1.165) is 3.57 Å². The molecule has 0 aliphatic rings. The first kappa shape index (κ1) is 15.6. The second-order valence-electron chi connectivity index (χ2n) is 4.02. The number of anilines is 1. The van der Waals surface area contributed by atoms with Crippen LogP contribution in [0.15, 0.2) is 48.5 Å². The molecule has 2 aromatic carbocycles. The first-order valence-electron chi connectivity index (χ1n) is 5.93. The van der Waals surface area contributed by atoms with Crippen LogP contribution in [0.25, 0.3) is 0 Å². The average Bonchev–Trinajstić information content (AvgIpc) is 2.48. The number of nitrogens with one attached hydrogen (secondary N) is 3. The molecule has 0 saturated heterocycles. The van der Waals surface area contributed by atoms with Gasteiger partial charge in [0.2, 0.25) is 0 Å². The summed E-state index contributed by atoms with van der Waals surface area (Å²) in [6, 6.07) is 13.2. The monoisotopic (exact) mass is 415 g/mol. The van der Waals surface area contributed by atoms with Crippen molar-refractivity contribution in [2.75, 3.05) is 5.32 Å². The molecule has 108 valence electrons. The zero-order valence-corrected chi connectivity index (χ0v) is 13.6. The van der Waals surface area contributed by atoms with Crippen LogP contribution in [0.3, 0.4) is 0 Å². The third-order valence-electron chi connectivity index (χ3n) is 2.51. The fraction of sp³-hybridized carbons (Fsp3) is 0. The van der Waals surface area contributed by atoms with Crippen LogP contribution in [0.4, 0.5) is 10.5 Å². The molecule has 2 aromatic rings. The number of hydrazine groups is 1. The molecule has 0 unspecified atom stereocenters. The highest BCUT2D eigenvalue weighted by Gasteiger charge is 2.10. The predicted octanol–water partition coefficient (Wildman–Crippen LogP) is 3.41. The number of carbonyl (C=O) groups excluding carboxylic acids is 2. The molecule has 0 atom stereocenters. The number of hydrogen-bond acceptors (Lipinski definition) is 2. The maximum atomic E-state index is 11.9. The number of amides is 3. The highest BCUT2D eigenvalue weighted by Crippen LogP contribution is 2.13. The van der Waals surface area contributed by atoms with Crippen molar-refractivity contribution < 1.29 is 9.59 Å². The molecule has 0 spiro atoms. The molecular weight excluding hydrogens is 405 g/mol. The van der Waals surface area contributed by atoms with Gasteiger partial charge >= 0.3 is 6.03 Å². The van der Waals surface area contributed by atoms with E-state index in [1.807, 2.05) is 12.1 Å². The van der Waals surface area contributed by atoms with E-state index in [-0.39, 0.29) is 5.91 Å². The van der Waals surface area contributed by atoms with Gasteiger partial charge in [0, 0.05) is 14.3 Å². The zero-order valence-electron chi connectivity index (χ0n) is 10.7.